The van der Waals surface area contributed by atoms with Gasteiger partial charge >= 0.3 is 225 Å². The third-order valence-electron chi connectivity index (χ3n) is 8.87. The van der Waals surface area contributed by atoms with Gasteiger partial charge in [-0.25, -0.2) is 0 Å². The van der Waals surface area contributed by atoms with E-state index < -0.39 is 13.3 Å². The van der Waals surface area contributed by atoms with Crippen molar-refractivity contribution < 1.29 is 4.57 Å². The molecule has 1 fully saturated rings. The number of aromatic nitrogens is 1. The average molecular weight is 544 g/mol. The molecule has 184 valence electrons. The van der Waals surface area contributed by atoms with Gasteiger partial charge in [0.1, 0.15) is 0 Å². The Morgan fingerprint density at radius 1 is 0.811 bits per heavy atom. The second kappa shape index (κ2) is 9.30. The summed E-state index contributed by atoms with van der Waals surface area (Å²) in [6.45, 7) is 2.25. The molecule has 37 heavy (non-hydrogen) atoms. The standard InChI is InChI=1S/C34H35GeN2/c1-23-13-19-28-29-20-18-27(22-36)32(26-16-14-25(15-17-26)24-10-6-5-7-11-24)34(29)35(2,3)33(28)31(23)30-12-8-9-21-37(30)4/h8-9,12-21,24H,5-7,10-11H2,1-4H3/q+1. The van der Waals surface area contributed by atoms with Gasteiger partial charge in [0.15, 0.2) is 0 Å². The number of hydrogen-bond acceptors (Lipinski definition) is 1. The second-order valence-electron chi connectivity index (χ2n) is 11.5. The Kier molecular flexibility index (Phi) is 6.08. The Bertz CT molecular complexity index is 1550. The summed E-state index contributed by atoms with van der Waals surface area (Å²) in [7, 11) is 2.14. The van der Waals surface area contributed by atoms with E-state index in [1.807, 2.05) is 0 Å². The zero-order valence-corrected chi connectivity index (χ0v) is 24.5. The molecule has 2 aliphatic rings. The molecule has 1 aliphatic heterocycles. The van der Waals surface area contributed by atoms with E-state index in [1.165, 1.54) is 81.1 Å². The van der Waals surface area contributed by atoms with E-state index >= 15 is 0 Å². The van der Waals surface area contributed by atoms with Gasteiger partial charge in [0.25, 0.3) is 0 Å². The summed E-state index contributed by atoms with van der Waals surface area (Å²) in [5.41, 5.74) is 11.3. The van der Waals surface area contributed by atoms with E-state index in [9.17, 15) is 5.26 Å². The number of hydrogen-bond donors (Lipinski definition) is 0. The van der Waals surface area contributed by atoms with Crippen LogP contribution in [0.25, 0.3) is 33.5 Å². The van der Waals surface area contributed by atoms with E-state index in [2.05, 4.69) is 109 Å². The first-order chi connectivity index (χ1) is 17.9. The first-order valence-electron chi connectivity index (χ1n) is 13.7. The monoisotopic (exact) mass is 545 g/mol. The Labute approximate surface area is 224 Å². The molecule has 6 rings (SSSR count). The molecular formula is C34H35GeN2+. The van der Waals surface area contributed by atoms with Crippen LogP contribution in [0.4, 0.5) is 0 Å². The predicted octanol–water partition coefficient (Wildman–Crippen LogP) is 6.88. The number of benzene rings is 3. The van der Waals surface area contributed by atoms with Gasteiger partial charge in [-0.2, -0.15) is 0 Å². The molecule has 4 aromatic rings. The van der Waals surface area contributed by atoms with Crippen LogP contribution in [0.15, 0.2) is 72.9 Å². The molecule has 1 aliphatic carbocycles. The number of rotatable bonds is 3. The van der Waals surface area contributed by atoms with E-state index in [0.717, 1.165) is 5.56 Å². The summed E-state index contributed by atoms with van der Waals surface area (Å²) < 4.78 is 5.26. The Morgan fingerprint density at radius 2 is 1.49 bits per heavy atom. The summed E-state index contributed by atoms with van der Waals surface area (Å²) in [5, 5.41) is 10.2. The Hall–Kier alpha value is -3.16. The van der Waals surface area contributed by atoms with Crippen LogP contribution < -0.4 is 13.4 Å². The molecule has 0 saturated heterocycles. The van der Waals surface area contributed by atoms with Crippen molar-refractivity contribution in [2.24, 2.45) is 7.05 Å². The summed E-state index contributed by atoms with van der Waals surface area (Å²) >= 11 is -2.81. The zero-order valence-electron chi connectivity index (χ0n) is 22.4. The van der Waals surface area contributed by atoms with Crippen molar-refractivity contribution in [2.45, 2.75) is 56.5 Å². The van der Waals surface area contributed by atoms with Gasteiger partial charge in [-0.05, 0) is 0 Å². The van der Waals surface area contributed by atoms with Gasteiger partial charge in [0, 0.05) is 0 Å². The van der Waals surface area contributed by atoms with Crippen molar-refractivity contribution >= 4 is 22.1 Å². The molecule has 1 aromatic heterocycles. The van der Waals surface area contributed by atoms with Crippen molar-refractivity contribution in [2.75, 3.05) is 0 Å². The molecular weight excluding hydrogens is 509 g/mol. The predicted molar refractivity (Wildman–Crippen MR) is 156 cm³/mol. The van der Waals surface area contributed by atoms with Gasteiger partial charge in [0.05, 0.1) is 0 Å². The summed E-state index contributed by atoms with van der Waals surface area (Å²) in [6, 6.07) is 27.2. The molecule has 0 bridgehead atoms. The van der Waals surface area contributed by atoms with Crippen LogP contribution >= 0.6 is 0 Å². The van der Waals surface area contributed by atoms with Gasteiger partial charge in [-0.15, -0.1) is 0 Å². The van der Waals surface area contributed by atoms with Crippen LogP contribution in [0.2, 0.25) is 11.5 Å². The first-order valence-corrected chi connectivity index (χ1v) is 20.0. The normalized spacial score (nSPS) is 16.2. The molecule has 3 heteroatoms. The van der Waals surface area contributed by atoms with Gasteiger partial charge < -0.3 is 0 Å². The van der Waals surface area contributed by atoms with Crippen LogP contribution in [-0.2, 0) is 7.05 Å². The number of nitriles is 1. The molecule has 0 unspecified atom stereocenters. The summed E-state index contributed by atoms with van der Waals surface area (Å²) in [4.78, 5) is 0. The molecule has 0 atom stereocenters. The van der Waals surface area contributed by atoms with Crippen LogP contribution in [0.1, 0.15) is 54.7 Å². The van der Waals surface area contributed by atoms with Crippen molar-refractivity contribution in [3.05, 3.63) is 89.6 Å². The van der Waals surface area contributed by atoms with Crippen LogP contribution in [0, 0.1) is 18.3 Å². The van der Waals surface area contributed by atoms with E-state index in [1.54, 1.807) is 4.40 Å². The fraction of sp³-hybridized carbons (Fsp3) is 0.294. The third kappa shape index (κ3) is 3.87. The molecule has 0 amide bonds. The molecule has 0 radical (unpaired) electrons. The minimum atomic E-state index is -2.81. The fourth-order valence-corrected chi connectivity index (χ4v) is 15.2. The number of fused-ring (bicyclic) bond motifs is 3. The number of aryl methyl sites for hydroxylation is 2. The molecule has 0 spiro atoms. The minimum absolute atomic E-state index is 0.690. The van der Waals surface area contributed by atoms with Gasteiger partial charge in [-0.1, -0.05) is 0 Å². The topological polar surface area (TPSA) is 27.7 Å². The Balaban J connectivity index is 1.55. The number of nitrogens with zero attached hydrogens (tertiary/aromatic N) is 2. The van der Waals surface area contributed by atoms with Crippen molar-refractivity contribution in [1.82, 2.24) is 0 Å². The summed E-state index contributed by atoms with van der Waals surface area (Å²) in [6.07, 6.45) is 8.82. The molecule has 0 N–H and O–H groups in total. The van der Waals surface area contributed by atoms with Crippen LogP contribution in [0.3, 0.4) is 0 Å². The van der Waals surface area contributed by atoms with E-state index in [-0.39, 0.29) is 0 Å². The van der Waals surface area contributed by atoms with Gasteiger partial charge in [-0.3, -0.25) is 0 Å². The van der Waals surface area contributed by atoms with Crippen LogP contribution in [0.5, 0.6) is 0 Å². The SMILES string of the molecule is Cc1ccc2[c](c1-c1cccc[n+]1C)[Ge]([CH3])([CH3])[c]1c-2ccc(C#N)c1-c1ccc(C2CCCCC2)cc1. The molecule has 1 saturated carbocycles. The van der Waals surface area contributed by atoms with E-state index in [4.69, 9.17) is 0 Å². The van der Waals surface area contributed by atoms with Gasteiger partial charge in [0.2, 0.25) is 0 Å². The van der Waals surface area contributed by atoms with Crippen molar-refractivity contribution in [3.8, 4) is 39.6 Å². The quantitative estimate of drug-likeness (QED) is 0.204. The maximum atomic E-state index is 10.2. The third-order valence-corrected chi connectivity index (χ3v) is 16.3. The van der Waals surface area contributed by atoms with Crippen molar-refractivity contribution in [3.63, 3.8) is 0 Å². The van der Waals surface area contributed by atoms with Crippen LogP contribution in [-0.4, -0.2) is 13.3 Å². The summed E-state index contributed by atoms with van der Waals surface area (Å²) in [5.74, 6) is 5.74. The average Bonchev–Trinajstić information content (AvgIpc) is 3.16. The zero-order chi connectivity index (χ0) is 25.7. The number of pyridine rings is 1. The second-order valence-corrected chi connectivity index (χ2v) is 20.4. The molecule has 2 nitrogen and oxygen atoms in total. The molecule has 2 heterocycles. The van der Waals surface area contributed by atoms with E-state index in [0.29, 0.717) is 5.92 Å². The fourth-order valence-electron chi connectivity index (χ4n) is 7.05. The Morgan fingerprint density at radius 3 is 2.16 bits per heavy atom. The maximum absolute atomic E-state index is 10.2. The molecule has 3 aromatic carbocycles. The van der Waals surface area contributed by atoms with Crippen molar-refractivity contribution in [1.29, 1.82) is 5.26 Å². The first kappa shape index (κ1) is 24.2.